The quantitative estimate of drug-likeness (QED) is 0.830. The van der Waals surface area contributed by atoms with Gasteiger partial charge in [-0.25, -0.2) is 13.4 Å². The lowest BCUT2D eigenvalue weighted by molar-refractivity contribution is -0.119. The van der Waals surface area contributed by atoms with E-state index in [1.54, 1.807) is 12.5 Å². The van der Waals surface area contributed by atoms with Crippen LogP contribution in [0.25, 0.3) is 5.69 Å². The Kier molecular flexibility index (Phi) is 5.77. The van der Waals surface area contributed by atoms with Gasteiger partial charge in [-0.05, 0) is 30.5 Å². The summed E-state index contributed by atoms with van der Waals surface area (Å²) in [5.41, 5.74) is 1.88. The van der Waals surface area contributed by atoms with E-state index in [2.05, 4.69) is 10.3 Å². The predicted molar refractivity (Wildman–Crippen MR) is 93.6 cm³/mol. The number of nitrogens with one attached hydrogen (secondary N) is 1. The molecule has 6 nitrogen and oxygen atoms in total. The second-order valence-corrected chi connectivity index (χ2v) is 8.41. The molecule has 0 fully saturated rings. The Morgan fingerprint density at radius 3 is 2.42 bits per heavy atom. The van der Waals surface area contributed by atoms with Crippen molar-refractivity contribution in [2.75, 3.05) is 11.5 Å². The Morgan fingerprint density at radius 2 is 1.88 bits per heavy atom. The van der Waals surface area contributed by atoms with Crippen molar-refractivity contribution < 1.29 is 13.2 Å². The fraction of sp³-hybridized carbons (Fsp3) is 0.412. The molecule has 0 aliphatic rings. The Balaban J connectivity index is 1.97. The van der Waals surface area contributed by atoms with E-state index in [1.165, 1.54) is 0 Å². The molecule has 130 valence electrons. The fourth-order valence-electron chi connectivity index (χ4n) is 2.48. The molecule has 2 aromatic rings. The minimum atomic E-state index is -3.37. The summed E-state index contributed by atoms with van der Waals surface area (Å²) in [5, 5.41) is 2.74. The van der Waals surface area contributed by atoms with E-state index in [1.807, 2.05) is 55.8 Å². The first-order valence-electron chi connectivity index (χ1n) is 7.85. The molecule has 0 aliphatic carbocycles. The molecule has 0 spiro atoms. The van der Waals surface area contributed by atoms with E-state index in [0.29, 0.717) is 0 Å². The summed E-state index contributed by atoms with van der Waals surface area (Å²) in [7, 11) is -3.37. The van der Waals surface area contributed by atoms with Crippen LogP contribution in [0.3, 0.4) is 0 Å². The number of carbonyl (C=O) groups is 1. The molecule has 1 N–H and O–H groups in total. The molecule has 7 heteroatoms. The summed E-state index contributed by atoms with van der Waals surface area (Å²) < 4.78 is 25.6. The molecule has 2 rings (SSSR count). The van der Waals surface area contributed by atoms with Crippen molar-refractivity contribution in [1.82, 2.24) is 14.9 Å². The molecule has 1 heterocycles. The number of sulfone groups is 1. The lowest BCUT2D eigenvalue weighted by atomic mass is 10.1. The maximum atomic E-state index is 12.0. The van der Waals surface area contributed by atoms with Crippen LogP contribution in [0.1, 0.15) is 32.4 Å². The zero-order valence-corrected chi connectivity index (χ0v) is 15.0. The van der Waals surface area contributed by atoms with Crippen molar-refractivity contribution in [2.45, 2.75) is 26.8 Å². The lowest BCUT2D eigenvalue weighted by Crippen LogP contribution is -2.33. The number of hydrogen-bond acceptors (Lipinski definition) is 4. The number of imidazole rings is 1. The zero-order valence-electron chi connectivity index (χ0n) is 14.1. The largest absolute Gasteiger partial charge is 0.349 e. The number of carbonyl (C=O) groups excluding carboxylic acids is 1. The van der Waals surface area contributed by atoms with Crippen molar-refractivity contribution in [2.24, 2.45) is 5.92 Å². The molecule has 1 amide bonds. The molecule has 0 aliphatic heterocycles. The Hall–Kier alpha value is -2.15. The van der Waals surface area contributed by atoms with Gasteiger partial charge in [-0.3, -0.25) is 4.79 Å². The molecule has 0 radical (unpaired) electrons. The van der Waals surface area contributed by atoms with E-state index < -0.39 is 21.5 Å². The van der Waals surface area contributed by atoms with Gasteiger partial charge >= 0.3 is 0 Å². The number of nitrogens with zero attached hydrogens (tertiary/aromatic N) is 2. The average Bonchev–Trinajstić information content (AvgIpc) is 2.99. The molecule has 1 aromatic heterocycles. The van der Waals surface area contributed by atoms with E-state index in [-0.39, 0.29) is 17.7 Å². The molecule has 24 heavy (non-hydrogen) atoms. The molecular formula is C17H23N3O3S. The first-order chi connectivity index (χ1) is 11.3. The van der Waals surface area contributed by atoms with Crippen LogP contribution in [0.5, 0.6) is 0 Å². The third-order valence-corrected chi connectivity index (χ3v) is 5.39. The number of aromatic nitrogens is 2. The van der Waals surface area contributed by atoms with Gasteiger partial charge in [0.05, 0.1) is 18.1 Å². The lowest BCUT2D eigenvalue weighted by Gasteiger charge is -2.15. The Bertz CT molecular complexity index is 766. The summed E-state index contributed by atoms with van der Waals surface area (Å²) in [5.74, 6) is -0.908. The van der Waals surface area contributed by atoms with Crippen LogP contribution in [-0.2, 0) is 14.6 Å². The summed E-state index contributed by atoms with van der Waals surface area (Å²) in [4.78, 5) is 16.0. The third-order valence-electron chi connectivity index (χ3n) is 3.51. The van der Waals surface area contributed by atoms with Crippen LogP contribution in [0.4, 0.5) is 0 Å². The number of benzene rings is 1. The van der Waals surface area contributed by atoms with Crippen molar-refractivity contribution in [1.29, 1.82) is 0 Å². The van der Waals surface area contributed by atoms with Gasteiger partial charge < -0.3 is 9.88 Å². The van der Waals surface area contributed by atoms with Gasteiger partial charge in [0.2, 0.25) is 5.91 Å². The predicted octanol–water partition coefficient (Wildman–Crippen LogP) is 2.12. The Morgan fingerprint density at radius 1 is 1.21 bits per heavy atom. The molecule has 1 unspecified atom stereocenters. The molecule has 1 aromatic carbocycles. The van der Waals surface area contributed by atoms with Gasteiger partial charge in [-0.2, -0.15) is 0 Å². The highest BCUT2D eigenvalue weighted by Gasteiger charge is 2.19. The fourth-order valence-corrected chi connectivity index (χ4v) is 4.10. The number of hydrogen-bond donors (Lipinski definition) is 1. The van der Waals surface area contributed by atoms with Crippen LogP contribution < -0.4 is 5.32 Å². The van der Waals surface area contributed by atoms with Crippen LogP contribution >= 0.6 is 0 Å². The van der Waals surface area contributed by atoms with Crippen LogP contribution in [0.15, 0.2) is 43.0 Å². The van der Waals surface area contributed by atoms with Gasteiger partial charge in [0.25, 0.3) is 0 Å². The molecule has 0 saturated heterocycles. The normalized spacial score (nSPS) is 13.0. The minimum absolute atomic E-state index is 0.0101. The summed E-state index contributed by atoms with van der Waals surface area (Å²) in [6.07, 6.45) is 5.26. The highest BCUT2D eigenvalue weighted by molar-refractivity contribution is 7.92. The standard InChI is InChI=1S/C17H23N3O3S/c1-13(2)10-24(22,23)11-17(21)19-14(3)15-4-6-16(7-5-15)20-9-8-18-12-20/h4-9,12-14H,10-11H2,1-3H3,(H,19,21). The van der Waals surface area contributed by atoms with Gasteiger partial charge in [0, 0.05) is 18.1 Å². The smallest absolute Gasteiger partial charge is 0.235 e. The van der Waals surface area contributed by atoms with Crippen LogP contribution in [-0.4, -0.2) is 35.4 Å². The van der Waals surface area contributed by atoms with Crippen molar-refractivity contribution in [3.63, 3.8) is 0 Å². The zero-order chi connectivity index (χ0) is 17.7. The molecule has 0 bridgehead atoms. The first-order valence-corrected chi connectivity index (χ1v) is 9.67. The minimum Gasteiger partial charge on any atom is -0.349 e. The average molecular weight is 349 g/mol. The number of amides is 1. The third kappa shape index (κ3) is 5.19. The first kappa shape index (κ1) is 18.2. The van der Waals surface area contributed by atoms with Crippen molar-refractivity contribution in [3.8, 4) is 5.69 Å². The van der Waals surface area contributed by atoms with Gasteiger partial charge in [-0.15, -0.1) is 0 Å². The highest BCUT2D eigenvalue weighted by Crippen LogP contribution is 2.15. The molecular weight excluding hydrogens is 326 g/mol. The van der Waals surface area contributed by atoms with Crippen molar-refractivity contribution in [3.05, 3.63) is 48.5 Å². The highest BCUT2D eigenvalue weighted by atomic mass is 32.2. The maximum absolute atomic E-state index is 12.0. The van der Waals surface area contributed by atoms with Crippen LogP contribution in [0.2, 0.25) is 0 Å². The van der Waals surface area contributed by atoms with E-state index in [4.69, 9.17) is 0 Å². The van der Waals surface area contributed by atoms with Gasteiger partial charge in [0.15, 0.2) is 9.84 Å². The Labute approximate surface area is 142 Å². The molecule has 0 saturated carbocycles. The summed E-state index contributed by atoms with van der Waals surface area (Å²) in [6, 6.07) is 7.40. The van der Waals surface area contributed by atoms with Gasteiger partial charge in [0.1, 0.15) is 5.75 Å². The summed E-state index contributed by atoms with van der Waals surface area (Å²) >= 11 is 0. The maximum Gasteiger partial charge on any atom is 0.235 e. The SMILES string of the molecule is CC(C)CS(=O)(=O)CC(=O)NC(C)c1ccc(-n2ccnc2)cc1. The van der Waals surface area contributed by atoms with E-state index >= 15 is 0 Å². The van der Waals surface area contributed by atoms with Crippen LogP contribution in [0, 0.1) is 5.92 Å². The van der Waals surface area contributed by atoms with Crippen molar-refractivity contribution >= 4 is 15.7 Å². The van der Waals surface area contributed by atoms with E-state index in [0.717, 1.165) is 11.3 Å². The van der Waals surface area contributed by atoms with E-state index in [9.17, 15) is 13.2 Å². The number of rotatable bonds is 7. The topological polar surface area (TPSA) is 81.1 Å². The van der Waals surface area contributed by atoms with Gasteiger partial charge in [-0.1, -0.05) is 26.0 Å². The second-order valence-electron chi connectivity index (χ2n) is 6.30. The summed E-state index contributed by atoms with van der Waals surface area (Å²) in [6.45, 7) is 5.47. The molecule has 1 atom stereocenters. The monoisotopic (exact) mass is 349 g/mol. The second kappa shape index (κ2) is 7.61.